The summed E-state index contributed by atoms with van der Waals surface area (Å²) in [6.45, 7) is 6.18. The Balaban J connectivity index is 1.68. The maximum atomic E-state index is 12.5. The van der Waals surface area contributed by atoms with Crippen molar-refractivity contribution in [3.63, 3.8) is 0 Å². The number of amides is 1. The first-order valence-corrected chi connectivity index (χ1v) is 8.23. The van der Waals surface area contributed by atoms with Gasteiger partial charge in [0.25, 0.3) is 0 Å². The molecular weight excluding hydrogens is 320 g/mol. The standard InChI is InChI=1S/C18H22N4O3/c1-11(2)17-19-7-8-22(17)12(3)18(23)20-10-16-21-14-9-13(24-4)5-6-15(14)25-16/h5-9,11-12H,10H2,1-4H3,(H,20,23). The fourth-order valence-corrected chi connectivity index (χ4v) is 2.69. The Morgan fingerprint density at radius 2 is 2.16 bits per heavy atom. The van der Waals surface area contributed by atoms with Gasteiger partial charge in [0, 0.05) is 24.4 Å². The molecule has 7 heteroatoms. The molecule has 0 spiro atoms. The number of carbonyl (C=O) groups is 1. The summed E-state index contributed by atoms with van der Waals surface area (Å²) in [7, 11) is 1.60. The van der Waals surface area contributed by atoms with Crippen LogP contribution < -0.4 is 10.1 Å². The molecule has 25 heavy (non-hydrogen) atoms. The maximum absolute atomic E-state index is 12.5. The molecule has 7 nitrogen and oxygen atoms in total. The van der Waals surface area contributed by atoms with Gasteiger partial charge < -0.3 is 19.0 Å². The van der Waals surface area contributed by atoms with E-state index in [0.717, 1.165) is 5.82 Å². The number of aromatic nitrogens is 3. The molecule has 3 rings (SSSR count). The van der Waals surface area contributed by atoms with Crippen LogP contribution in [0, 0.1) is 0 Å². The van der Waals surface area contributed by atoms with Crippen LogP contribution in [-0.2, 0) is 11.3 Å². The van der Waals surface area contributed by atoms with Gasteiger partial charge >= 0.3 is 0 Å². The molecule has 2 aromatic heterocycles. The summed E-state index contributed by atoms with van der Waals surface area (Å²) in [5.74, 6) is 2.19. The fourth-order valence-electron chi connectivity index (χ4n) is 2.69. The number of benzene rings is 1. The van der Waals surface area contributed by atoms with Gasteiger partial charge in [0.15, 0.2) is 5.58 Å². The second-order valence-corrected chi connectivity index (χ2v) is 6.18. The quantitative estimate of drug-likeness (QED) is 0.744. The summed E-state index contributed by atoms with van der Waals surface area (Å²) in [4.78, 5) is 21.2. The number of imidazole rings is 1. The third-order valence-electron chi connectivity index (χ3n) is 4.06. The number of nitrogens with zero attached hydrogens (tertiary/aromatic N) is 3. The molecule has 2 heterocycles. The molecule has 3 aromatic rings. The van der Waals surface area contributed by atoms with E-state index in [9.17, 15) is 4.79 Å². The first-order chi connectivity index (χ1) is 12.0. The van der Waals surface area contributed by atoms with E-state index in [2.05, 4.69) is 29.1 Å². The highest BCUT2D eigenvalue weighted by Gasteiger charge is 2.19. The van der Waals surface area contributed by atoms with Crippen molar-refractivity contribution in [2.75, 3.05) is 7.11 Å². The summed E-state index contributed by atoms with van der Waals surface area (Å²) >= 11 is 0. The van der Waals surface area contributed by atoms with Crippen molar-refractivity contribution in [2.45, 2.75) is 39.3 Å². The maximum Gasteiger partial charge on any atom is 0.243 e. The minimum absolute atomic E-state index is 0.111. The van der Waals surface area contributed by atoms with Crippen molar-refractivity contribution in [3.8, 4) is 5.75 Å². The third-order valence-corrected chi connectivity index (χ3v) is 4.06. The Hall–Kier alpha value is -2.83. The summed E-state index contributed by atoms with van der Waals surface area (Å²) in [6.07, 6.45) is 3.54. The minimum Gasteiger partial charge on any atom is -0.497 e. The van der Waals surface area contributed by atoms with E-state index in [1.54, 1.807) is 25.4 Å². The first-order valence-electron chi connectivity index (χ1n) is 8.23. The van der Waals surface area contributed by atoms with Gasteiger partial charge in [-0.25, -0.2) is 9.97 Å². The van der Waals surface area contributed by atoms with Crippen LogP contribution in [0.15, 0.2) is 35.0 Å². The molecule has 1 unspecified atom stereocenters. The van der Waals surface area contributed by atoms with E-state index in [1.165, 1.54) is 0 Å². The zero-order chi connectivity index (χ0) is 18.0. The van der Waals surface area contributed by atoms with Gasteiger partial charge in [-0.1, -0.05) is 13.8 Å². The molecule has 0 aliphatic rings. The van der Waals surface area contributed by atoms with Crippen LogP contribution in [0.25, 0.3) is 11.1 Å². The van der Waals surface area contributed by atoms with Crippen molar-refractivity contribution in [2.24, 2.45) is 0 Å². The molecule has 0 fully saturated rings. The van der Waals surface area contributed by atoms with Gasteiger partial charge in [0.2, 0.25) is 11.8 Å². The normalized spacial score (nSPS) is 12.5. The Morgan fingerprint density at radius 1 is 1.36 bits per heavy atom. The lowest BCUT2D eigenvalue weighted by Crippen LogP contribution is -2.31. The van der Waals surface area contributed by atoms with Crippen LogP contribution in [0.5, 0.6) is 5.75 Å². The highest BCUT2D eigenvalue weighted by atomic mass is 16.5. The second-order valence-electron chi connectivity index (χ2n) is 6.18. The highest BCUT2D eigenvalue weighted by molar-refractivity contribution is 5.80. The molecule has 0 bridgehead atoms. The van der Waals surface area contributed by atoms with E-state index in [1.807, 2.05) is 23.8 Å². The van der Waals surface area contributed by atoms with Crippen molar-refractivity contribution < 1.29 is 13.9 Å². The van der Waals surface area contributed by atoms with Gasteiger partial charge in [0.05, 0.1) is 13.7 Å². The van der Waals surface area contributed by atoms with E-state index >= 15 is 0 Å². The van der Waals surface area contributed by atoms with Crippen LogP contribution in [-0.4, -0.2) is 27.6 Å². The number of fused-ring (bicyclic) bond motifs is 1. The molecule has 0 radical (unpaired) electrons. The summed E-state index contributed by atoms with van der Waals surface area (Å²) in [6, 6.07) is 5.05. The fraction of sp³-hybridized carbons (Fsp3) is 0.389. The first kappa shape index (κ1) is 17.0. The van der Waals surface area contributed by atoms with Crippen LogP contribution in [0.1, 0.15) is 44.4 Å². The van der Waals surface area contributed by atoms with E-state index in [4.69, 9.17) is 9.15 Å². The number of oxazole rings is 1. The molecule has 1 N–H and O–H groups in total. The van der Waals surface area contributed by atoms with E-state index < -0.39 is 0 Å². The Labute approximate surface area is 146 Å². The topological polar surface area (TPSA) is 82.2 Å². The molecule has 0 aliphatic carbocycles. The van der Waals surface area contributed by atoms with Gasteiger partial charge in [-0.2, -0.15) is 0 Å². The van der Waals surface area contributed by atoms with Gasteiger partial charge in [-0.3, -0.25) is 4.79 Å². The lowest BCUT2D eigenvalue weighted by molar-refractivity contribution is -0.124. The zero-order valence-electron chi connectivity index (χ0n) is 14.8. The smallest absolute Gasteiger partial charge is 0.243 e. The summed E-state index contributed by atoms with van der Waals surface area (Å²) < 4.78 is 12.7. The van der Waals surface area contributed by atoms with E-state index in [0.29, 0.717) is 22.7 Å². The summed E-state index contributed by atoms with van der Waals surface area (Å²) in [5.41, 5.74) is 1.36. The number of carbonyl (C=O) groups excluding carboxylic acids is 1. The number of ether oxygens (including phenoxy) is 1. The monoisotopic (exact) mass is 342 g/mol. The van der Waals surface area contributed by atoms with Crippen LogP contribution in [0.2, 0.25) is 0 Å². The molecule has 1 amide bonds. The van der Waals surface area contributed by atoms with Gasteiger partial charge in [-0.15, -0.1) is 0 Å². The minimum atomic E-state index is -0.357. The molecule has 0 aliphatic heterocycles. The number of nitrogens with one attached hydrogen (secondary N) is 1. The predicted octanol–water partition coefficient (Wildman–Crippen LogP) is 3.03. The Morgan fingerprint density at radius 3 is 2.88 bits per heavy atom. The molecule has 0 saturated carbocycles. The third kappa shape index (κ3) is 3.50. The predicted molar refractivity (Wildman–Crippen MR) is 93.4 cm³/mol. The Kier molecular flexibility index (Phi) is 4.74. The number of rotatable bonds is 6. The lowest BCUT2D eigenvalue weighted by Gasteiger charge is -2.17. The zero-order valence-corrected chi connectivity index (χ0v) is 14.8. The average molecular weight is 342 g/mol. The average Bonchev–Trinajstić information content (AvgIpc) is 3.24. The van der Waals surface area contributed by atoms with Gasteiger partial charge in [0.1, 0.15) is 23.1 Å². The van der Waals surface area contributed by atoms with Crippen LogP contribution in [0.3, 0.4) is 0 Å². The van der Waals surface area contributed by atoms with Crippen molar-refractivity contribution in [3.05, 3.63) is 42.3 Å². The van der Waals surface area contributed by atoms with Gasteiger partial charge in [-0.05, 0) is 19.1 Å². The largest absolute Gasteiger partial charge is 0.497 e. The molecule has 132 valence electrons. The van der Waals surface area contributed by atoms with Crippen molar-refractivity contribution in [1.29, 1.82) is 0 Å². The Bertz CT molecular complexity index is 881. The lowest BCUT2D eigenvalue weighted by atomic mass is 10.2. The molecular formula is C18H22N4O3. The molecule has 1 aromatic carbocycles. The SMILES string of the molecule is COc1ccc2oc(CNC(=O)C(C)n3ccnc3C(C)C)nc2c1. The summed E-state index contributed by atoms with van der Waals surface area (Å²) in [5, 5.41) is 2.87. The second kappa shape index (κ2) is 6.96. The van der Waals surface area contributed by atoms with Crippen LogP contribution >= 0.6 is 0 Å². The number of methoxy groups -OCH3 is 1. The van der Waals surface area contributed by atoms with Crippen molar-refractivity contribution >= 4 is 17.0 Å². The number of hydrogen-bond donors (Lipinski definition) is 1. The number of hydrogen-bond acceptors (Lipinski definition) is 5. The molecule has 0 saturated heterocycles. The highest BCUT2D eigenvalue weighted by Crippen LogP contribution is 2.21. The molecule has 1 atom stereocenters. The van der Waals surface area contributed by atoms with Crippen molar-refractivity contribution in [1.82, 2.24) is 19.9 Å². The van der Waals surface area contributed by atoms with E-state index in [-0.39, 0.29) is 24.4 Å². The van der Waals surface area contributed by atoms with Crippen LogP contribution in [0.4, 0.5) is 0 Å².